The number of anilines is 1. The van der Waals surface area contributed by atoms with Crippen molar-refractivity contribution in [3.05, 3.63) is 23.9 Å². The fourth-order valence-electron chi connectivity index (χ4n) is 3.61. The third-order valence-corrected chi connectivity index (χ3v) is 5.07. The van der Waals surface area contributed by atoms with Crippen molar-refractivity contribution in [3.8, 4) is 0 Å². The Hall–Kier alpha value is -2.15. The molecule has 1 aliphatic carbocycles. The molecule has 24 heavy (non-hydrogen) atoms. The first-order valence-corrected chi connectivity index (χ1v) is 8.46. The minimum Gasteiger partial charge on any atom is -0.465 e. The van der Waals surface area contributed by atoms with Crippen LogP contribution >= 0.6 is 0 Å². The Balaban J connectivity index is 1.69. The summed E-state index contributed by atoms with van der Waals surface area (Å²) in [5.74, 6) is 0.664. The van der Waals surface area contributed by atoms with Crippen LogP contribution in [0.4, 0.5) is 10.6 Å². The fourth-order valence-corrected chi connectivity index (χ4v) is 3.61. The topological polar surface area (TPSA) is 88.8 Å². The van der Waals surface area contributed by atoms with E-state index in [1.54, 1.807) is 17.0 Å². The lowest BCUT2D eigenvalue weighted by molar-refractivity contribution is 0.0600. The summed E-state index contributed by atoms with van der Waals surface area (Å²) in [6.07, 6.45) is 5.72. The van der Waals surface area contributed by atoms with Gasteiger partial charge in [0.25, 0.3) is 0 Å². The van der Waals surface area contributed by atoms with Crippen molar-refractivity contribution in [1.82, 2.24) is 9.88 Å². The number of methoxy groups -OCH3 is 1. The van der Waals surface area contributed by atoms with Gasteiger partial charge in [-0.3, -0.25) is 4.90 Å². The number of hydrogen-bond donors (Lipinski definition) is 1. The summed E-state index contributed by atoms with van der Waals surface area (Å²) >= 11 is 0. The van der Waals surface area contributed by atoms with Gasteiger partial charge in [-0.25, -0.2) is 14.6 Å². The third-order valence-electron chi connectivity index (χ3n) is 5.07. The van der Waals surface area contributed by atoms with Gasteiger partial charge >= 0.3 is 12.0 Å². The number of nitrogens with zero attached hydrogens (tertiary/aromatic N) is 3. The van der Waals surface area contributed by atoms with E-state index in [-0.39, 0.29) is 12.1 Å². The molecule has 2 heterocycles. The molecule has 2 amide bonds. The summed E-state index contributed by atoms with van der Waals surface area (Å²) in [6, 6.07) is 3.45. The van der Waals surface area contributed by atoms with Crippen LogP contribution in [0, 0.1) is 5.92 Å². The SMILES string of the molecule is COC(=O)c1ccnc(N2CCN(C3CCC(CN)CC3)C2=O)c1. The number of amides is 2. The molecule has 0 radical (unpaired) electrons. The maximum atomic E-state index is 12.8. The quantitative estimate of drug-likeness (QED) is 0.847. The molecule has 1 saturated heterocycles. The number of hydrogen-bond acceptors (Lipinski definition) is 5. The van der Waals surface area contributed by atoms with Crippen LogP contribution in [-0.2, 0) is 4.74 Å². The molecular weight excluding hydrogens is 308 g/mol. The van der Waals surface area contributed by atoms with E-state index < -0.39 is 5.97 Å². The molecule has 0 aromatic carbocycles. The van der Waals surface area contributed by atoms with Crippen molar-refractivity contribution in [2.75, 3.05) is 31.6 Å². The van der Waals surface area contributed by atoms with E-state index in [2.05, 4.69) is 4.98 Å². The number of carbonyl (C=O) groups excluding carboxylic acids is 2. The molecule has 130 valence electrons. The van der Waals surface area contributed by atoms with Crippen LogP contribution in [0.1, 0.15) is 36.0 Å². The highest BCUT2D eigenvalue weighted by atomic mass is 16.5. The van der Waals surface area contributed by atoms with Crippen molar-refractivity contribution >= 4 is 17.8 Å². The van der Waals surface area contributed by atoms with Crippen LogP contribution in [0.5, 0.6) is 0 Å². The second kappa shape index (κ2) is 7.17. The number of nitrogens with two attached hydrogens (primary N) is 1. The first kappa shape index (κ1) is 16.7. The Morgan fingerprint density at radius 3 is 2.75 bits per heavy atom. The van der Waals surface area contributed by atoms with Gasteiger partial charge in [-0.05, 0) is 50.3 Å². The average molecular weight is 332 g/mol. The molecule has 7 heteroatoms. The predicted molar refractivity (Wildman–Crippen MR) is 89.8 cm³/mol. The zero-order valence-corrected chi connectivity index (χ0v) is 14.0. The Morgan fingerprint density at radius 1 is 1.33 bits per heavy atom. The number of rotatable bonds is 4. The monoisotopic (exact) mass is 332 g/mol. The van der Waals surface area contributed by atoms with E-state index in [1.165, 1.54) is 13.3 Å². The summed E-state index contributed by atoms with van der Waals surface area (Å²) in [4.78, 5) is 32.3. The van der Waals surface area contributed by atoms with Crippen LogP contribution < -0.4 is 10.6 Å². The van der Waals surface area contributed by atoms with Gasteiger partial charge in [-0.15, -0.1) is 0 Å². The number of carbonyl (C=O) groups is 2. The van der Waals surface area contributed by atoms with Gasteiger partial charge in [0.1, 0.15) is 5.82 Å². The fraction of sp³-hybridized carbons (Fsp3) is 0.588. The van der Waals surface area contributed by atoms with E-state index in [9.17, 15) is 9.59 Å². The maximum Gasteiger partial charge on any atom is 0.338 e. The molecule has 0 spiro atoms. The summed E-state index contributed by atoms with van der Waals surface area (Å²) in [6.45, 7) is 2.02. The van der Waals surface area contributed by atoms with E-state index >= 15 is 0 Å². The van der Waals surface area contributed by atoms with Gasteiger partial charge < -0.3 is 15.4 Å². The average Bonchev–Trinajstić information content (AvgIpc) is 3.02. The van der Waals surface area contributed by atoms with Crippen LogP contribution in [-0.4, -0.2) is 54.7 Å². The Bertz CT molecular complexity index is 614. The van der Waals surface area contributed by atoms with E-state index in [4.69, 9.17) is 10.5 Å². The Morgan fingerprint density at radius 2 is 2.08 bits per heavy atom. The van der Waals surface area contributed by atoms with Gasteiger partial charge in [0.2, 0.25) is 0 Å². The van der Waals surface area contributed by atoms with Crippen molar-refractivity contribution in [1.29, 1.82) is 0 Å². The van der Waals surface area contributed by atoms with Crippen molar-refractivity contribution in [3.63, 3.8) is 0 Å². The number of aromatic nitrogens is 1. The van der Waals surface area contributed by atoms with Crippen molar-refractivity contribution in [2.45, 2.75) is 31.7 Å². The van der Waals surface area contributed by atoms with Crippen LogP contribution in [0.3, 0.4) is 0 Å². The highest BCUT2D eigenvalue weighted by Crippen LogP contribution is 2.30. The molecule has 0 bridgehead atoms. The van der Waals surface area contributed by atoms with Gasteiger partial charge in [0, 0.05) is 25.3 Å². The standard InChI is InChI=1S/C17H24N4O3/c1-24-16(22)13-6-7-19-15(10-13)21-9-8-20(17(21)23)14-4-2-12(11-18)3-5-14/h6-7,10,12,14H,2-5,8-9,11,18H2,1H3. The normalized spacial score (nSPS) is 24.3. The first-order valence-electron chi connectivity index (χ1n) is 8.46. The first-order chi connectivity index (χ1) is 11.6. The van der Waals surface area contributed by atoms with Gasteiger partial charge in [0.15, 0.2) is 0 Å². The second-order valence-electron chi connectivity index (χ2n) is 6.43. The Kier molecular flexibility index (Phi) is 4.99. The molecule has 3 rings (SSSR count). The van der Waals surface area contributed by atoms with E-state index in [1.807, 2.05) is 4.90 Å². The second-order valence-corrected chi connectivity index (χ2v) is 6.43. The lowest BCUT2D eigenvalue weighted by atomic mass is 9.85. The minimum atomic E-state index is -0.428. The van der Waals surface area contributed by atoms with Gasteiger partial charge in [-0.1, -0.05) is 0 Å². The number of ether oxygens (including phenoxy) is 1. The zero-order valence-electron chi connectivity index (χ0n) is 14.0. The Labute approximate surface area is 141 Å². The highest BCUT2D eigenvalue weighted by Gasteiger charge is 2.36. The molecule has 1 aliphatic heterocycles. The molecule has 2 fully saturated rings. The lowest BCUT2D eigenvalue weighted by Gasteiger charge is -2.33. The van der Waals surface area contributed by atoms with E-state index in [0.717, 1.165) is 32.2 Å². The van der Waals surface area contributed by atoms with Crippen LogP contribution in [0.25, 0.3) is 0 Å². The maximum absolute atomic E-state index is 12.8. The molecule has 1 saturated carbocycles. The highest BCUT2D eigenvalue weighted by molar-refractivity contribution is 5.95. The van der Waals surface area contributed by atoms with Crippen LogP contribution in [0.2, 0.25) is 0 Å². The lowest BCUT2D eigenvalue weighted by Crippen LogP contribution is -2.42. The molecule has 2 aliphatic rings. The van der Waals surface area contributed by atoms with Crippen molar-refractivity contribution in [2.24, 2.45) is 11.7 Å². The summed E-state index contributed by atoms with van der Waals surface area (Å²) in [7, 11) is 1.34. The molecule has 7 nitrogen and oxygen atoms in total. The van der Waals surface area contributed by atoms with Gasteiger partial charge in [0.05, 0.1) is 12.7 Å². The molecule has 1 aromatic heterocycles. The summed E-state index contributed by atoms with van der Waals surface area (Å²) in [5.41, 5.74) is 6.14. The smallest absolute Gasteiger partial charge is 0.338 e. The van der Waals surface area contributed by atoms with Crippen LogP contribution in [0.15, 0.2) is 18.3 Å². The third kappa shape index (κ3) is 3.21. The molecule has 2 N–H and O–H groups in total. The number of urea groups is 1. The number of pyridine rings is 1. The van der Waals surface area contributed by atoms with E-state index in [0.29, 0.717) is 30.4 Å². The summed E-state index contributed by atoms with van der Waals surface area (Å²) < 4.78 is 4.73. The number of esters is 1. The molecule has 1 aromatic rings. The molecular formula is C17H24N4O3. The molecule has 0 unspecified atom stereocenters. The summed E-state index contributed by atoms with van der Waals surface area (Å²) in [5, 5.41) is 0. The van der Waals surface area contributed by atoms with Gasteiger partial charge in [-0.2, -0.15) is 0 Å². The zero-order chi connectivity index (χ0) is 17.1. The minimum absolute atomic E-state index is 0.0271. The largest absolute Gasteiger partial charge is 0.465 e. The predicted octanol–water partition coefficient (Wildman–Crippen LogP) is 1.63. The van der Waals surface area contributed by atoms with Crippen molar-refractivity contribution < 1.29 is 14.3 Å². The molecule has 0 atom stereocenters.